The molecule has 0 aromatic heterocycles. The highest BCUT2D eigenvalue weighted by atomic mass is 16.6. The summed E-state index contributed by atoms with van der Waals surface area (Å²) in [5.41, 5.74) is -4.61. The molecule has 3 saturated carbocycles. The van der Waals surface area contributed by atoms with Crippen molar-refractivity contribution in [1.29, 1.82) is 0 Å². The Morgan fingerprint density at radius 2 is 1.75 bits per heavy atom. The molecule has 0 aromatic carbocycles. The summed E-state index contributed by atoms with van der Waals surface area (Å²) in [5, 5.41) is 35.4. The number of hydrogen-bond acceptors (Lipinski definition) is 8. The van der Waals surface area contributed by atoms with Crippen molar-refractivity contribution < 1.29 is 39.2 Å². The predicted molar refractivity (Wildman–Crippen MR) is 130 cm³/mol. The topological polar surface area (TPSA) is 130 Å². The number of carbonyl (C=O) groups is 3. The van der Waals surface area contributed by atoms with E-state index in [1.807, 2.05) is 26.8 Å². The number of ketones is 1. The predicted octanol–water partition coefficient (Wildman–Crippen LogP) is 2.85. The fourth-order valence-corrected chi connectivity index (χ4v) is 8.38. The van der Waals surface area contributed by atoms with E-state index in [-0.39, 0.29) is 31.0 Å². The van der Waals surface area contributed by atoms with Gasteiger partial charge in [-0.1, -0.05) is 39.3 Å². The number of fused-ring (bicyclic) bond motifs is 5. The Morgan fingerprint density at radius 1 is 1.08 bits per heavy atom. The van der Waals surface area contributed by atoms with Crippen molar-refractivity contribution >= 4 is 17.7 Å². The van der Waals surface area contributed by atoms with E-state index in [4.69, 9.17) is 9.47 Å². The van der Waals surface area contributed by atoms with Crippen molar-refractivity contribution in [3.63, 3.8) is 0 Å². The second-order valence-electron chi connectivity index (χ2n) is 12.6. The van der Waals surface area contributed by atoms with Crippen LogP contribution in [0.3, 0.4) is 0 Å². The van der Waals surface area contributed by atoms with Gasteiger partial charge in [-0.05, 0) is 56.8 Å². The highest BCUT2D eigenvalue weighted by Gasteiger charge is 2.80. The maximum absolute atomic E-state index is 13.1. The second kappa shape index (κ2) is 8.91. The molecule has 4 aliphatic rings. The number of rotatable bonds is 5. The summed E-state index contributed by atoms with van der Waals surface area (Å²) in [4.78, 5) is 38.5. The third-order valence-electron chi connectivity index (χ3n) is 10.0. The zero-order chi connectivity index (χ0) is 26.8. The number of esters is 2. The third-order valence-corrected chi connectivity index (χ3v) is 10.0. The van der Waals surface area contributed by atoms with E-state index in [1.165, 1.54) is 13.8 Å². The largest absolute Gasteiger partial charge is 0.458 e. The Bertz CT molecular complexity index is 973. The standard InChI is InChI=1S/C28H42O8/c1-15(2)13-21(32)36-24-22(35-17(4)30)23-25(5)10-8-19(31)14-18(25)7-11-27(23,33)28(34)12-9-20(16(3)29)26(24,28)6/h7,15,19-20,22-24,31,33-34H,8-14H2,1-6H3/t19-,20+,22-,23+,24+,25-,26-,27-,28+/m0/s1. The Morgan fingerprint density at radius 3 is 2.33 bits per heavy atom. The van der Waals surface area contributed by atoms with Gasteiger partial charge in [-0.15, -0.1) is 0 Å². The van der Waals surface area contributed by atoms with Crippen LogP contribution in [0, 0.1) is 28.6 Å². The van der Waals surface area contributed by atoms with Crippen LogP contribution >= 0.6 is 0 Å². The number of Topliss-reactive ketones (excluding diaryl/α,β-unsaturated/α-hetero) is 1. The van der Waals surface area contributed by atoms with Gasteiger partial charge in [-0.2, -0.15) is 0 Å². The Labute approximate surface area is 213 Å². The minimum Gasteiger partial charge on any atom is -0.458 e. The molecule has 36 heavy (non-hydrogen) atoms. The van der Waals surface area contributed by atoms with Gasteiger partial charge in [0.1, 0.15) is 29.2 Å². The molecule has 3 fully saturated rings. The van der Waals surface area contributed by atoms with E-state index < -0.39 is 64.1 Å². The van der Waals surface area contributed by atoms with Crippen molar-refractivity contribution in [2.75, 3.05) is 0 Å². The molecule has 0 heterocycles. The molecular formula is C28H42O8. The van der Waals surface area contributed by atoms with Crippen LogP contribution in [0.25, 0.3) is 0 Å². The van der Waals surface area contributed by atoms with Crippen molar-refractivity contribution in [3.8, 4) is 0 Å². The van der Waals surface area contributed by atoms with Gasteiger partial charge in [0.25, 0.3) is 0 Å². The average Bonchev–Trinajstić information content (AvgIpc) is 3.04. The van der Waals surface area contributed by atoms with Crippen LogP contribution in [0.4, 0.5) is 0 Å². The highest BCUT2D eigenvalue weighted by Crippen LogP contribution is 2.70. The van der Waals surface area contributed by atoms with Crippen LogP contribution in [-0.2, 0) is 23.9 Å². The molecule has 0 aromatic rings. The molecule has 202 valence electrons. The molecule has 0 aliphatic heterocycles. The summed E-state index contributed by atoms with van der Waals surface area (Å²) < 4.78 is 12.1. The zero-order valence-electron chi connectivity index (χ0n) is 22.4. The maximum Gasteiger partial charge on any atom is 0.306 e. The van der Waals surface area contributed by atoms with Crippen LogP contribution in [0.2, 0.25) is 0 Å². The number of ether oxygens (including phenoxy) is 2. The van der Waals surface area contributed by atoms with Gasteiger partial charge >= 0.3 is 11.9 Å². The molecule has 4 rings (SSSR count). The summed E-state index contributed by atoms with van der Waals surface area (Å²) in [6, 6.07) is 0. The molecular weight excluding hydrogens is 464 g/mol. The maximum atomic E-state index is 13.1. The highest BCUT2D eigenvalue weighted by molar-refractivity contribution is 5.80. The molecule has 0 bridgehead atoms. The van der Waals surface area contributed by atoms with Gasteiger partial charge in [0.15, 0.2) is 0 Å². The summed E-state index contributed by atoms with van der Waals surface area (Å²) in [6.45, 7) is 10.2. The fraction of sp³-hybridized carbons (Fsp3) is 0.821. The van der Waals surface area contributed by atoms with Gasteiger partial charge in [0, 0.05) is 30.6 Å². The molecule has 0 spiro atoms. The fourth-order valence-electron chi connectivity index (χ4n) is 8.38. The van der Waals surface area contributed by atoms with Gasteiger partial charge in [0.05, 0.1) is 6.10 Å². The van der Waals surface area contributed by atoms with Crippen molar-refractivity contribution in [2.45, 2.75) is 116 Å². The minimum absolute atomic E-state index is 0.0191. The lowest BCUT2D eigenvalue weighted by Crippen LogP contribution is -2.80. The summed E-state index contributed by atoms with van der Waals surface area (Å²) >= 11 is 0. The van der Waals surface area contributed by atoms with E-state index in [1.54, 1.807) is 6.92 Å². The first-order chi connectivity index (χ1) is 16.6. The third kappa shape index (κ3) is 3.70. The lowest BCUT2D eigenvalue weighted by Gasteiger charge is -2.68. The second-order valence-corrected chi connectivity index (χ2v) is 12.6. The minimum atomic E-state index is -1.76. The van der Waals surface area contributed by atoms with Crippen molar-refractivity contribution in [3.05, 3.63) is 11.6 Å². The molecule has 8 heteroatoms. The van der Waals surface area contributed by atoms with E-state index in [0.29, 0.717) is 25.7 Å². The van der Waals surface area contributed by atoms with E-state index in [0.717, 1.165) is 5.57 Å². The van der Waals surface area contributed by atoms with Crippen LogP contribution in [-0.4, -0.2) is 62.6 Å². The Kier molecular flexibility index (Phi) is 6.75. The van der Waals surface area contributed by atoms with Gasteiger partial charge in [-0.3, -0.25) is 14.4 Å². The van der Waals surface area contributed by atoms with Crippen LogP contribution in [0.15, 0.2) is 11.6 Å². The first kappa shape index (κ1) is 27.3. The smallest absolute Gasteiger partial charge is 0.306 e. The van der Waals surface area contributed by atoms with E-state index >= 15 is 0 Å². The molecule has 0 radical (unpaired) electrons. The van der Waals surface area contributed by atoms with E-state index in [9.17, 15) is 29.7 Å². The summed E-state index contributed by atoms with van der Waals surface area (Å²) in [5.74, 6) is -2.71. The van der Waals surface area contributed by atoms with Crippen LogP contribution in [0.1, 0.15) is 86.5 Å². The van der Waals surface area contributed by atoms with Gasteiger partial charge in [-0.25, -0.2) is 0 Å². The number of aliphatic hydroxyl groups is 3. The monoisotopic (exact) mass is 506 g/mol. The number of hydrogen-bond donors (Lipinski definition) is 3. The molecule has 9 atom stereocenters. The first-order valence-corrected chi connectivity index (χ1v) is 13.3. The Hall–Kier alpha value is -1.77. The molecule has 3 N–H and O–H groups in total. The molecule has 8 nitrogen and oxygen atoms in total. The Balaban J connectivity index is 1.95. The number of carbonyl (C=O) groups excluding carboxylic acids is 3. The van der Waals surface area contributed by atoms with Crippen LogP contribution in [0.5, 0.6) is 0 Å². The number of aliphatic hydroxyl groups excluding tert-OH is 1. The molecule has 0 saturated heterocycles. The molecule has 0 unspecified atom stereocenters. The van der Waals surface area contributed by atoms with Crippen LogP contribution < -0.4 is 0 Å². The lowest BCUT2D eigenvalue weighted by atomic mass is 9.42. The molecule has 0 amide bonds. The lowest BCUT2D eigenvalue weighted by molar-refractivity contribution is -0.329. The zero-order valence-corrected chi connectivity index (χ0v) is 22.4. The van der Waals surface area contributed by atoms with Crippen molar-refractivity contribution in [2.24, 2.45) is 28.6 Å². The van der Waals surface area contributed by atoms with Gasteiger partial charge < -0.3 is 24.8 Å². The summed E-state index contributed by atoms with van der Waals surface area (Å²) in [7, 11) is 0. The average molecular weight is 507 g/mol. The quantitative estimate of drug-likeness (QED) is 0.383. The normalized spacial score (nSPS) is 45.7. The SMILES string of the molecule is CC(=O)O[C@@H]1[C@@H](OC(=O)CC(C)C)[C@]2(C)[C@@H](C(C)=O)CC[C@]2(O)[C@]2(O)CC=C3C[C@@H](O)CC[C@]3(C)[C@@H]12. The van der Waals surface area contributed by atoms with Crippen molar-refractivity contribution in [1.82, 2.24) is 0 Å². The van der Waals surface area contributed by atoms with Gasteiger partial charge in [0.2, 0.25) is 0 Å². The first-order valence-electron chi connectivity index (χ1n) is 13.3. The summed E-state index contributed by atoms with van der Waals surface area (Å²) in [6.07, 6.45) is 1.36. The molecule has 4 aliphatic carbocycles. The van der Waals surface area contributed by atoms with E-state index in [2.05, 4.69) is 0 Å².